The molecule has 2 atom stereocenters. The van der Waals surface area contributed by atoms with Gasteiger partial charge in [-0.3, -0.25) is 28.9 Å². The lowest BCUT2D eigenvalue weighted by Gasteiger charge is -2.20. The second-order valence-corrected chi connectivity index (χ2v) is 6.76. The van der Waals surface area contributed by atoms with Gasteiger partial charge in [0.15, 0.2) is 5.78 Å². The van der Waals surface area contributed by atoms with Gasteiger partial charge >= 0.3 is 0 Å². The van der Waals surface area contributed by atoms with Crippen molar-refractivity contribution < 1.29 is 24.0 Å². The van der Waals surface area contributed by atoms with E-state index in [1.54, 1.807) is 0 Å². The van der Waals surface area contributed by atoms with Crippen LogP contribution in [0.4, 0.5) is 0 Å². The van der Waals surface area contributed by atoms with E-state index in [1.807, 2.05) is 13.8 Å². The van der Waals surface area contributed by atoms with Crippen molar-refractivity contribution in [2.45, 2.75) is 64.5 Å². The van der Waals surface area contributed by atoms with Crippen LogP contribution in [0.5, 0.6) is 0 Å². The number of unbranched alkanes of at least 4 members (excludes halogenated alkanes) is 1. The molecule has 0 aliphatic carbocycles. The first-order valence-electron chi connectivity index (χ1n) is 9.95. The van der Waals surface area contributed by atoms with Crippen molar-refractivity contribution in [1.82, 2.24) is 20.9 Å². The lowest BCUT2D eigenvalue weighted by atomic mass is 10.1. The zero-order valence-corrected chi connectivity index (χ0v) is 17.0. The van der Waals surface area contributed by atoms with Gasteiger partial charge in [0, 0.05) is 6.42 Å². The molecule has 0 aromatic heterocycles. The number of carbonyl (C=O) groups excluding carboxylic acids is 5. The molecule has 0 spiro atoms. The summed E-state index contributed by atoms with van der Waals surface area (Å²) in [6.07, 6.45) is 2.80. The summed E-state index contributed by atoms with van der Waals surface area (Å²) in [7, 11) is 0. The van der Waals surface area contributed by atoms with Gasteiger partial charge in [-0.05, 0) is 32.4 Å². The standard InChI is InChI=1S/C19H31N5O5/c1-3-7-13(25)11-22-16(26)12-24-17(27)10-15(19(24)29)23-18(28)14(21-4-2)8-5-6-9-20/h11-12,14-15,21H,3-10,20H2,1-2H3,(H,22,26)(H,23,28). The zero-order chi connectivity index (χ0) is 21.8. The minimum Gasteiger partial charge on any atom is -0.342 e. The third-order valence-corrected chi connectivity index (χ3v) is 4.33. The summed E-state index contributed by atoms with van der Waals surface area (Å²) < 4.78 is 0. The normalized spacial score (nSPS) is 17.3. The lowest BCUT2D eigenvalue weighted by Crippen LogP contribution is -2.50. The minimum absolute atomic E-state index is 0.228. The number of amides is 4. The Balaban J connectivity index is 2.57. The molecule has 29 heavy (non-hydrogen) atoms. The van der Waals surface area contributed by atoms with E-state index >= 15 is 0 Å². The van der Waals surface area contributed by atoms with Crippen LogP contribution in [-0.2, 0) is 24.0 Å². The molecular formula is C19H31N5O5. The summed E-state index contributed by atoms with van der Waals surface area (Å²) in [5.41, 5.74) is 5.47. The lowest BCUT2D eigenvalue weighted by molar-refractivity contribution is -0.140. The van der Waals surface area contributed by atoms with Gasteiger partial charge in [0.2, 0.25) is 17.7 Å². The number of Topliss-reactive ketones (excluding diaryl/α,β-unsaturated/α-hetero) is 1. The monoisotopic (exact) mass is 409 g/mol. The number of hydrogen-bond donors (Lipinski definition) is 4. The van der Waals surface area contributed by atoms with Crippen LogP contribution in [0.2, 0.25) is 0 Å². The Bertz CT molecular complexity index is 610. The predicted octanol–water partition coefficient (Wildman–Crippen LogP) is -0.854. The smallest absolute Gasteiger partial charge is 0.253 e. The molecule has 162 valence electrons. The summed E-state index contributed by atoms with van der Waals surface area (Å²) in [5.74, 6) is -2.69. The molecule has 2 unspecified atom stereocenters. The van der Waals surface area contributed by atoms with Gasteiger partial charge in [-0.15, -0.1) is 0 Å². The molecule has 5 N–H and O–H groups in total. The Labute approximate surface area is 171 Å². The number of nitrogens with zero attached hydrogens (tertiary/aromatic N) is 1. The Hall–Kier alpha value is -2.33. The van der Waals surface area contributed by atoms with E-state index in [2.05, 4.69) is 16.0 Å². The molecule has 2 radical (unpaired) electrons. The third kappa shape index (κ3) is 8.28. The van der Waals surface area contributed by atoms with Crippen molar-refractivity contribution in [2.24, 2.45) is 5.73 Å². The number of nitrogens with two attached hydrogens (primary N) is 1. The van der Waals surface area contributed by atoms with Crippen molar-refractivity contribution in [3.8, 4) is 0 Å². The maximum atomic E-state index is 12.5. The molecule has 1 aliphatic heterocycles. The molecule has 1 fully saturated rings. The summed E-state index contributed by atoms with van der Waals surface area (Å²) in [6, 6.07) is -1.52. The molecule has 4 amide bonds. The molecule has 0 bridgehead atoms. The van der Waals surface area contributed by atoms with Crippen LogP contribution in [0.1, 0.15) is 52.4 Å². The van der Waals surface area contributed by atoms with Gasteiger partial charge in [-0.1, -0.05) is 20.3 Å². The summed E-state index contributed by atoms with van der Waals surface area (Å²) >= 11 is 0. The zero-order valence-electron chi connectivity index (χ0n) is 17.0. The summed E-state index contributed by atoms with van der Waals surface area (Å²) in [6.45, 7) is 6.61. The van der Waals surface area contributed by atoms with Crippen LogP contribution in [0.3, 0.4) is 0 Å². The highest BCUT2D eigenvalue weighted by molar-refractivity contribution is 6.11. The second kappa shape index (κ2) is 13.0. The first kappa shape index (κ1) is 24.7. The fourth-order valence-electron chi connectivity index (χ4n) is 2.86. The number of carbonyl (C=O) groups is 5. The number of imide groups is 1. The van der Waals surface area contributed by atoms with Crippen LogP contribution < -0.4 is 21.7 Å². The Kier molecular flexibility index (Phi) is 11.1. The molecule has 1 aliphatic rings. The van der Waals surface area contributed by atoms with E-state index in [0.717, 1.165) is 25.9 Å². The molecule has 0 aromatic rings. The highest BCUT2D eigenvalue weighted by atomic mass is 16.2. The number of nitrogens with one attached hydrogen (secondary N) is 3. The second-order valence-electron chi connectivity index (χ2n) is 6.76. The van der Waals surface area contributed by atoms with E-state index < -0.39 is 29.8 Å². The average molecular weight is 409 g/mol. The van der Waals surface area contributed by atoms with E-state index in [-0.39, 0.29) is 24.5 Å². The van der Waals surface area contributed by atoms with Gasteiger partial charge in [0.05, 0.1) is 12.5 Å². The van der Waals surface area contributed by atoms with Crippen molar-refractivity contribution in [2.75, 3.05) is 13.1 Å². The maximum Gasteiger partial charge on any atom is 0.253 e. The first-order chi connectivity index (χ1) is 13.8. The van der Waals surface area contributed by atoms with Crippen LogP contribution >= 0.6 is 0 Å². The van der Waals surface area contributed by atoms with Crippen LogP contribution in [0.25, 0.3) is 0 Å². The largest absolute Gasteiger partial charge is 0.342 e. The minimum atomic E-state index is -1.03. The number of likely N-dealkylation sites (tertiary alicyclic amines) is 1. The molecule has 0 saturated carbocycles. The van der Waals surface area contributed by atoms with Gasteiger partial charge in [-0.2, -0.15) is 0 Å². The average Bonchev–Trinajstić information content (AvgIpc) is 2.93. The topological polar surface area (TPSA) is 151 Å². The van der Waals surface area contributed by atoms with Crippen molar-refractivity contribution >= 4 is 29.4 Å². The molecule has 10 heteroatoms. The Morgan fingerprint density at radius 3 is 2.59 bits per heavy atom. The fourth-order valence-corrected chi connectivity index (χ4v) is 2.86. The third-order valence-electron chi connectivity index (χ3n) is 4.33. The molecule has 1 saturated heterocycles. The molecule has 1 rings (SSSR count). The molecule has 0 aromatic carbocycles. The highest BCUT2D eigenvalue weighted by Gasteiger charge is 2.41. The number of likely N-dealkylation sites (N-methyl/N-ethyl adjacent to an activating group) is 1. The number of ketones is 1. The molecular weight excluding hydrogens is 378 g/mol. The predicted molar refractivity (Wildman–Crippen MR) is 105 cm³/mol. The fraction of sp³-hybridized carbons (Fsp3) is 0.632. The maximum absolute atomic E-state index is 12.5. The van der Waals surface area contributed by atoms with E-state index in [9.17, 15) is 24.0 Å². The van der Waals surface area contributed by atoms with Gasteiger partial charge in [0.25, 0.3) is 5.91 Å². The van der Waals surface area contributed by atoms with Gasteiger partial charge in [-0.25, -0.2) is 0 Å². The Morgan fingerprint density at radius 1 is 1.24 bits per heavy atom. The van der Waals surface area contributed by atoms with E-state index in [4.69, 9.17) is 5.73 Å². The quantitative estimate of drug-likeness (QED) is 0.215. The van der Waals surface area contributed by atoms with Crippen molar-refractivity contribution in [3.05, 3.63) is 13.1 Å². The van der Waals surface area contributed by atoms with Gasteiger partial charge in [0.1, 0.15) is 19.1 Å². The van der Waals surface area contributed by atoms with Gasteiger partial charge < -0.3 is 21.7 Å². The van der Waals surface area contributed by atoms with Crippen molar-refractivity contribution in [3.63, 3.8) is 0 Å². The number of rotatable bonds is 14. The van der Waals surface area contributed by atoms with Crippen LogP contribution in [-0.4, -0.2) is 59.5 Å². The van der Waals surface area contributed by atoms with E-state index in [0.29, 0.717) is 30.8 Å². The summed E-state index contributed by atoms with van der Waals surface area (Å²) in [4.78, 5) is 61.0. The Morgan fingerprint density at radius 2 is 1.97 bits per heavy atom. The highest BCUT2D eigenvalue weighted by Crippen LogP contribution is 2.15. The van der Waals surface area contributed by atoms with E-state index in [1.165, 1.54) is 0 Å². The van der Waals surface area contributed by atoms with Crippen LogP contribution in [0, 0.1) is 13.1 Å². The number of hydrogen-bond acceptors (Lipinski definition) is 7. The molecule has 1 heterocycles. The molecule has 10 nitrogen and oxygen atoms in total. The first-order valence-corrected chi connectivity index (χ1v) is 9.95. The van der Waals surface area contributed by atoms with Crippen LogP contribution in [0.15, 0.2) is 0 Å². The van der Waals surface area contributed by atoms with Crippen molar-refractivity contribution in [1.29, 1.82) is 0 Å². The SMILES string of the molecule is CCCC(=O)[CH]NC(=O)[CH]N1C(=O)CC(NC(=O)C(CCCCN)NCC)C1=O. The summed E-state index contributed by atoms with van der Waals surface area (Å²) in [5, 5.41) is 7.87.